The molecule has 22 heavy (non-hydrogen) atoms. The van der Waals surface area contributed by atoms with E-state index in [-0.39, 0.29) is 18.7 Å². The fourth-order valence-corrected chi connectivity index (χ4v) is 2.21. The number of hydrogen-bond acceptors (Lipinski definition) is 3. The first-order valence-corrected chi connectivity index (χ1v) is 7.40. The molecule has 2 aromatic rings. The van der Waals surface area contributed by atoms with Gasteiger partial charge in [0.15, 0.2) is 0 Å². The van der Waals surface area contributed by atoms with Gasteiger partial charge in [0.2, 0.25) is 0 Å². The molecule has 6 nitrogen and oxygen atoms in total. The van der Waals surface area contributed by atoms with Crippen LogP contribution in [0.1, 0.15) is 25.5 Å². The van der Waals surface area contributed by atoms with Gasteiger partial charge in [0.05, 0.1) is 23.3 Å². The lowest BCUT2D eigenvalue weighted by Crippen LogP contribution is -2.36. The highest BCUT2D eigenvalue weighted by molar-refractivity contribution is 5.89. The maximum Gasteiger partial charge on any atom is 0.319 e. The van der Waals surface area contributed by atoms with Crippen LogP contribution in [0, 0.1) is 6.92 Å². The molecule has 0 spiro atoms. The minimum atomic E-state index is -0.263. The molecular weight excluding hydrogens is 280 g/mol. The molecule has 0 saturated carbocycles. The number of aliphatic hydroxyl groups is 1. The standard InChI is InChI=1S/C16H22N4O2/c1-12(7-6-10-21)18-16(22)19-15-11-17-20(13(15)2)14-8-4-3-5-9-14/h3-5,8-9,11-12,21H,6-7,10H2,1-2H3,(H2,18,19,22). The van der Waals surface area contributed by atoms with Gasteiger partial charge in [0.25, 0.3) is 0 Å². The van der Waals surface area contributed by atoms with E-state index in [1.165, 1.54) is 0 Å². The Bertz CT molecular complexity index is 610. The average Bonchev–Trinajstić information content (AvgIpc) is 2.87. The first kappa shape index (κ1) is 16.0. The fraction of sp³-hybridized carbons (Fsp3) is 0.375. The van der Waals surface area contributed by atoms with Gasteiger partial charge in [-0.05, 0) is 38.8 Å². The summed E-state index contributed by atoms with van der Waals surface area (Å²) in [6.07, 6.45) is 3.05. The minimum absolute atomic E-state index is 0.0108. The maximum atomic E-state index is 12.0. The minimum Gasteiger partial charge on any atom is -0.396 e. The number of para-hydroxylation sites is 1. The Morgan fingerprint density at radius 3 is 2.77 bits per heavy atom. The quantitative estimate of drug-likeness (QED) is 0.767. The summed E-state index contributed by atoms with van der Waals surface area (Å²) in [5.74, 6) is 0. The molecule has 0 bridgehead atoms. The summed E-state index contributed by atoms with van der Waals surface area (Å²) in [5.41, 5.74) is 2.49. The number of urea groups is 1. The Hall–Kier alpha value is -2.34. The lowest BCUT2D eigenvalue weighted by molar-refractivity contribution is 0.245. The van der Waals surface area contributed by atoms with E-state index >= 15 is 0 Å². The van der Waals surface area contributed by atoms with Crippen LogP contribution < -0.4 is 10.6 Å². The van der Waals surface area contributed by atoms with E-state index in [2.05, 4.69) is 15.7 Å². The van der Waals surface area contributed by atoms with Gasteiger partial charge in [-0.25, -0.2) is 9.48 Å². The largest absolute Gasteiger partial charge is 0.396 e. The summed E-state index contributed by atoms with van der Waals surface area (Å²) >= 11 is 0. The molecule has 1 aromatic carbocycles. The van der Waals surface area contributed by atoms with Crippen molar-refractivity contribution in [2.75, 3.05) is 11.9 Å². The lowest BCUT2D eigenvalue weighted by Gasteiger charge is -2.14. The second-order valence-electron chi connectivity index (χ2n) is 5.26. The van der Waals surface area contributed by atoms with E-state index in [0.29, 0.717) is 12.1 Å². The van der Waals surface area contributed by atoms with E-state index in [9.17, 15) is 4.79 Å². The van der Waals surface area contributed by atoms with Crippen molar-refractivity contribution in [1.82, 2.24) is 15.1 Å². The number of aromatic nitrogens is 2. The number of benzene rings is 1. The zero-order valence-corrected chi connectivity index (χ0v) is 12.9. The summed E-state index contributed by atoms with van der Waals surface area (Å²) in [5, 5.41) is 18.8. The summed E-state index contributed by atoms with van der Waals surface area (Å²) < 4.78 is 1.78. The molecule has 1 unspecified atom stereocenters. The number of carbonyl (C=O) groups is 1. The fourth-order valence-electron chi connectivity index (χ4n) is 2.21. The van der Waals surface area contributed by atoms with Gasteiger partial charge in [-0.2, -0.15) is 5.10 Å². The highest BCUT2D eigenvalue weighted by Crippen LogP contribution is 2.18. The molecule has 2 rings (SSSR count). The molecule has 1 heterocycles. The van der Waals surface area contributed by atoms with Crippen LogP contribution in [0.5, 0.6) is 0 Å². The van der Waals surface area contributed by atoms with Crippen LogP contribution >= 0.6 is 0 Å². The molecule has 0 aliphatic heterocycles. The van der Waals surface area contributed by atoms with Crippen LogP contribution in [-0.4, -0.2) is 33.6 Å². The summed E-state index contributed by atoms with van der Waals surface area (Å²) in [7, 11) is 0. The van der Waals surface area contributed by atoms with Crippen LogP contribution in [0.25, 0.3) is 5.69 Å². The molecule has 0 aliphatic carbocycles. The van der Waals surface area contributed by atoms with Crippen molar-refractivity contribution in [2.24, 2.45) is 0 Å². The number of rotatable bonds is 6. The van der Waals surface area contributed by atoms with E-state index in [1.807, 2.05) is 44.2 Å². The Morgan fingerprint density at radius 2 is 2.09 bits per heavy atom. The zero-order chi connectivity index (χ0) is 15.9. The molecule has 0 aliphatic rings. The number of nitrogens with zero attached hydrogens (tertiary/aromatic N) is 2. The highest BCUT2D eigenvalue weighted by Gasteiger charge is 2.12. The third kappa shape index (κ3) is 4.08. The van der Waals surface area contributed by atoms with Gasteiger partial charge < -0.3 is 15.7 Å². The van der Waals surface area contributed by atoms with Crippen molar-refractivity contribution in [1.29, 1.82) is 0 Å². The number of carbonyl (C=O) groups excluding carboxylic acids is 1. The van der Waals surface area contributed by atoms with Crippen molar-refractivity contribution in [2.45, 2.75) is 32.7 Å². The molecular formula is C16H22N4O2. The first-order valence-electron chi connectivity index (χ1n) is 7.40. The van der Waals surface area contributed by atoms with E-state index < -0.39 is 0 Å². The number of anilines is 1. The second-order valence-corrected chi connectivity index (χ2v) is 5.26. The van der Waals surface area contributed by atoms with Crippen molar-refractivity contribution in [3.63, 3.8) is 0 Å². The van der Waals surface area contributed by atoms with Crippen molar-refractivity contribution in [3.8, 4) is 5.69 Å². The van der Waals surface area contributed by atoms with Crippen LogP contribution in [0.3, 0.4) is 0 Å². The molecule has 0 fully saturated rings. The van der Waals surface area contributed by atoms with Crippen LogP contribution in [-0.2, 0) is 0 Å². The van der Waals surface area contributed by atoms with Gasteiger partial charge in [-0.3, -0.25) is 0 Å². The summed E-state index contributed by atoms with van der Waals surface area (Å²) in [6, 6.07) is 9.50. The number of hydrogen-bond donors (Lipinski definition) is 3. The highest BCUT2D eigenvalue weighted by atomic mass is 16.3. The predicted molar refractivity (Wildman–Crippen MR) is 86.2 cm³/mol. The number of amides is 2. The van der Waals surface area contributed by atoms with Crippen molar-refractivity contribution < 1.29 is 9.90 Å². The van der Waals surface area contributed by atoms with Gasteiger partial charge in [-0.15, -0.1) is 0 Å². The second kappa shape index (κ2) is 7.61. The van der Waals surface area contributed by atoms with Crippen molar-refractivity contribution >= 4 is 11.7 Å². The topological polar surface area (TPSA) is 79.2 Å². The van der Waals surface area contributed by atoms with Gasteiger partial charge >= 0.3 is 6.03 Å². The molecule has 0 radical (unpaired) electrons. The number of aliphatic hydroxyl groups excluding tert-OH is 1. The van der Waals surface area contributed by atoms with Crippen LogP contribution in [0.4, 0.5) is 10.5 Å². The van der Waals surface area contributed by atoms with E-state index in [0.717, 1.165) is 17.8 Å². The number of nitrogens with one attached hydrogen (secondary N) is 2. The molecule has 118 valence electrons. The van der Waals surface area contributed by atoms with Crippen molar-refractivity contribution in [3.05, 3.63) is 42.2 Å². The lowest BCUT2D eigenvalue weighted by atomic mass is 10.2. The van der Waals surface area contributed by atoms with E-state index in [4.69, 9.17) is 5.11 Å². The monoisotopic (exact) mass is 302 g/mol. The Morgan fingerprint density at radius 1 is 1.36 bits per heavy atom. The molecule has 6 heteroatoms. The van der Waals surface area contributed by atoms with E-state index in [1.54, 1.807) is 10.9 Å². The smallest absolute Gasteiger partial charge is 0.319 e. The molecule has 0 saturated heterocycles. The predicted octanol–water partition coefficient (Wildman–Crippen LogP) is 2.46. The first-order chi connectivity index (χ1) is 10.6. The van der Waals surface area contributed by atoms with Crippen LogP contribution in [0.15, 0.2) is 36.5 Å². The normalized spacial score (nSPS) is 12.0. The summed E-state index contributed by atoms with van der Waals surface area (Å²) in [4.78, 5) is 12.0. The average molecular weight is 302 g/mol. The SMILES string of the molecule is Cc1c(NC(=O)NC(C)CCCO)cnn1-c1ccccc1. The molecule has 2 amide bonds. The molecule has 1 aromatic heterocycles. The molecule has 1 atom stereocenters. The van der Waals surface area contributed by atoms with Gasteiger partial charge in [0, 0.05) is 12.6 Å². The van der Waals surface area contributed by atoms with Crippen LogP contribution in [0.2, 0.25) is 0 Å². The third-order valence-electron chi connectivity index (χ3n) is 3.43. The van der Waals surface area contributed by atoms with Gasteiger partial charge in [-0.1, -0.05) is 18.2 Å². The Kier molecular flexibility index (Phi) is 5.55. The summed E-state index contributed by atoms with van der Waals surface area (Å²) in [6.45, 7) is 3.96. The third-order valence-corrected chi connectivity index (χ3v) is 3.43. The van der Waals surface area contributed by atoms with Gasteiger partial charge in [0.1, 0.15) is 0 Å². The zero-order valence-electron chi connectivity index (χ0n) is 12.9. The Labute approximate surface area is 130 Å². The molecule has 3 N–H and O–H groups in total. The Balaban J connectivity index is 1.99. The maximum absolute atomic E-state index is 12.0.